The number of alkyl carbamates (subject to hydrolysis) is 1. The number of hydrogen-bond acceptors (Lipinski definition) is 4. The van der Waals surface area contributed by atoms with Gasteiger partial charge < -0.3 is 19.4 Å². The third-order valence-corrected chi connectivity index (χ3v) is 3.48. The summed E-state index contributed by atoms with van der Waals surface area (Å²) in [7, 11) is 1.72. The molecule has 1 aromatic heterocycles. The van der Waals surface area contributed by atoms with E-state index in [1.54, 1.807) is 7.11 Å². The second kappa shape index (κ2) is 11.9. The topological polar surface area (TPSA) is 65.4 Å². The minimum atomic E-state index is -0.478. The molecular formula is C19H37N3O3. The fourth-order valence-corrected chi connectivity index (χ4v) is 2.44. The van der Waals surface area contributed by atoms with Gasteiger partial charge in [-0.05, 0) is 40.5 Å². The average Bonchev–Trinajstić information content (AvgIpc) is 2.89. The lowest BCUT2D eigenvalue weighted by Gasteiger charge is -2.20. The number of nitrogens with one attached hydrogen (secondary N) is 1. The Labute approximate surface area is 153 Å². The number of carbonyl (C=O) groups excluding carboxylic acids is 1. The van der Waals surface area contributed by atoms with Gasteiger partial charge in [-0.2, -0.15) is 0 Å². The van der Waals surface area contributed by atoms with Gasteiger partial charge in [-0.3, -0.25) is 0 Å². The van der Waals surface area contributed by atoms with E-state index in [4.69, 9.17) is 9.47 Å². The summed E-state index contributed by atoms with van der Waals surface area (Å²) in [5.41, 5.74) is 0.516. The van der Waals surface area contributed by atoms with Crippen LogP contribution >= 0.6 is 0 Å². The molecule has 1 N–H and O–H groups in total. The molecular weight excluding hydrogens is 318 g/mol. The Morgan fingerprint density at radius 1 is 1.36 bits per heavy atom. The molecule has 0 aliphatic carbocycles. The van der Waals surface area contributed by atoms with Gasteiger partial charge in [0, 0.05) is 38.9 Å². The third-order valence-electron chi connectivity index (χ3n) is 3.48. The van der Waals surface area contributed by atoms with Gasteiger partial charge >= 0.3 is 6.09 Å². The Bertz CT molecular complexity index is 493. The van der Waals surface area contributed by atoms with E-state index in [0.29, 0.717) is 19.0 Å². The zero-order valence-corrected chi connectivity index (χ0v) is 17.3. The molecule has 0 saturated heterocycles. The van der Waals surface area contributed by atoms with Gasteiger partial charge in [-0.1, -0.05) is 20.8 Å². The van der Waals surface area contributed by atoms with E-state index in [1.807, 2.05) is 47.7 Å². The van der Waals surface area contributed by atoms with E-state index in [1.165, 1.54) is 0 Å². The van der Waals surface area contributed by atoms with Gasteiger partial charge in [-0.15, -0.1) is 0 Å². The molecule has 6 nitrogen and oxygen atoms in total. The molecule has 0 radical (unpaired) electrons. The van der Waals surface area contributed by atoms with Crippen molar-refractivity contribution >= 4 is 6.09 Å². The van der Waals surface area contributed by atoms with Gasteiger partial charge in [0.05, 0.1) is 5.69 Å². The molecule has 1 rings (SSSR count). The molecule has 1 heterocycles. The maximum absolute atomic E-state index is 11.7. The average molecular weight is 356 g/mol. The first-order valence-corrected chi connectivity index (χ1v) is 9.26. The summed E-state index contributed by atoms with van der Waals surface area (Å²) in [6.07, 6.45) is 3.60. The summed E-state index contributed by atoms with van der Waals surface area (Å²) in [6, 6.07) is 0. The van der Waals surface area contributed by atoms with Gasteiger partial charge in [0.15, 0.2) is 0 Å². The van der Waals surface area contributed by atoms with Crippen molar-refractivity contribution in [3.63, 3.8) is 0 Å². The van der Waals surface area contributed by atoms with Crippen LogP contribution < -0.4 is 5.32 Å². The summed E-state index contributed by atoms with van der Waals surface area (Å²) in [5.74, 6) is 1.43. The van der Waals surface area contributed by atoms with Gasteiger partial charge in [0.2, 0.25) is 0 Å². The summed E-state index contributed by atoms with van der Waals surface area (Å²) < 4.78 is 12.6. The van der Waals surface area contributed by atoms with Crippen LogP contribution in [0.2, 0.25) is 0 Å². The standard InChI is InChI=1S/C17H31N3O3.C2H6/c1-7-14(8-11-22-6)15-19-13(2)12-20(15)10-9-18-16(21)23-17(3,4)5;1-2/h12,14H,7-11H2,1-6H3,(H,18,21);1-2H3. The number of aromatic nitrogens is 2. The maximum Gasteiger partial charge on any atom is 0.407 e. The first-order chi connectivity index (χ1) is 11.8. The Hall–Kier alpha value is -1.56. The third kappa shape index (κ3) is 9.48. The molecule has 0 saturated carbocycles. The van der Waals surface area contributed by atoms with Crippen molar-refractivity contribution in [1.82, 2.24) is 14.9 Å². The van der Waals surface area contributed by atoms with Crippen LogP contribution in [0.5, 0.6) is 0 Å². The second-order valence-electron chi connectivity index (χ2n) is 6.75. The van der Waals surface area contributed by atoms with E-state index >= 15 is 0 Å². The van der Waals surface area contributed by atoms with Crippen molar-refractivity contribution in [2.45, 2.75) is 79.4 Å². The first kappa shape index (κ1) is 23.4. The molecule has 0 aliphatic heterocycles. The number of carbonyl (C=O) groups is 1. The molecule has 25 heavy (non-hydrogen) atoms. The zero-order valence-electron chi connectivity index (χ0n) is 17.3. The lowest BCUT2D eigenvalue weighted by Crippen LogP contribution is -2.34. The number of aryl methyl sites for hydroxylation is 1. The fraction of sp³-hybridized carbons (Fsp3) is 0.789. The molecule has 0 aliphatic rings. The highest BCUT2D eigenvalue weighted by molar-refractivity contribution is 5.67. The highest BCUT2D eigenvalue weighted by Crippen LogP contribution is 2.22. The molecule has 0 fully saturated rings. The fourth-order valence-electron chi connectivity index (χ4n) is 2.44. The lowest BCUT2D eigenvalue weighted by atomic mass is 10.0. The highest BCUT2D eigenvalue weighted by atomic mass is 16.6. The van der Waals surface area contributed by atoms with E-state index in [0.717, 1.165) is 31.0 Å². The van der Waals surface area contributed by atoms with Crippen LogP contribution in [0.15, 0.2) is 6.20 Å². The quantitative estimate of drug-likeness (QED) is 0.756. The van der Waals surface area contributed by atoms with Crippen LogP contribution in [0, 0.1) is 6.92 Å². The summed E-state index contributed by atoms with van der Waals surface area (Å²) in [4.78, 5) is 16.4. The number of methoxy groups -OCH3 is 1. The van der Waals surface area contributed by atoms with Crippen molar-refractivity contribution in [2.75, 3.05) is 20.3 Å². The SMILES string of the molecule is CC.CCC(CCOC)c1nc(C)cn1CCNC(=O)OC(C)(C)C. The highest BCUT2D eigenvalue weighted by Gasteiger charge is 2.18. The van der Waals surface area contributed by atoms with Gasteiger partial charge in [0.25, 0.3) is 0 Å². The van der Waals surface area contributed by atoms with E-state index in [-0.39, 0.29) is 6.09 Å². The first-order valence-electron chi connectivity index (χ1n) is 9.26. The summed E-state index contributed by atoms with van der Waals surface area (Å²) >= 11 is 0. The molecule has 0 bridgehead atoms. The van der Waals surface area contributed by atoms with Crippen molar-refractivity contribution in [2.24, 2.45) is 0 Å². The Morgan fingerprint density at radius 3 is 2.52 bits per heavy atom. The van der Waals surface area contributed by atoms with E-state index in [2.05, 4.69) is 21.8 Å². The minimum Gasteiger partial charge on any atom is -0.444 e. The Kier molecular flexibility index (Phi) is 11.2. The molecule has 0 spiro atoms. The second-order valence-corrected chi connectivity index (χ2v) is 6.75. The number of amides is 1. The van der Waals surface area contributed by atoms with Crippen molar-refractivity contribution in [1.29, 1.82) is 0 Å². The molecule has 0 aromatic carbocycles. The Balaban J connectivity index is 0.00000277. The van der Waals surface area contributed by atoms with Crippen LogP contribution in [0.4, 0.5) is 4.79 Å². The monoisotopic (exact) mass is 355 g/mol. The van der Waals surface area contributed by atoms with Crippen LogP contribution in [0.1, 0.15) is 71.8 Å². The van der Waals surface area contributed by atoms with Crippen LogP contribution in [0.25, 0.3) is 0 Å². The molecule has 1 unspecified atom stereocenters. The number of ether oxygens (including phenoxy) is 2. The lowest BCUT2D eigenvalue weighted by molar-refractivity contribution is 0.0526. The molecule has 146 valence electrons. The number of hydrogen-bond donors (Lipinski definition) is 1. The van der Waals surface area contributed by atoms with Gasteiger partial charge in [-0.25, -0.2) is 9.78 Å². The van der Waals surface area contributed by atoms with Gasteiger partial charge in [0.1, 0.15) is 11.4 Å². The van der Waals surface area contributed by atoms with Crippen LogP contribution in [-0.2, 0) is 16.0 Å². The number of rotatable bonds is 8. The van der Waals surface area contributed by atoms with Crippen molar-refractivity contribution in [3.8, 4) is 0 Å². The van der Waals surface area contributed by atoms with E-state index < -0.39 is 5.60 Å². The molecule has 1 atom stereocenters. The smallest absolute Gasteiger partial charge is 0.407 e. The molecule has 1 aromatic rings. The summed E-state index contributed by atoms with van der Waals surface area (Å²) in [6.45, 7) is 15.6. The largest absolute Gasteiger partial charge is 0.444 e. The summed E-state index contributed by atoms with van der Waals surface area (Å²) in [5, 5.41) is 2.79. The van der Waals surface area contributed by atoms with Crippen molar-refractivity contribution in [3.05, 3.63) is 17.7 Å². The molecule has 6 heteroatoms. The van der Waals surface area contributed by atoms with Crippen LogP contribution in [-0.4, -0.2) is 41.5 Å². The number of imidazole rings is 1. The zero-order chi connectivity index (χ0) is 19.5. The normalized spacial score (nSPS) is 12.2. The maximum atomic E-state index is 11.7. The number of nitrogens with zero attached hydrogens (tertiary/aromatic N) is 2. The molecule has 1 amide bonds. The van der Waals surface area contributed by atoms with Crippen LogP contribution in [0.3, 0.4) is 0 Å². The minimum absolute atomic E-state index is 0.366. The van der Waals surface area contributed by atoms with E-state index in [9.17, 15) is 4.79 Å². The van der Waals surface area contributed by atoms with Crippen molar-refractivity contribution < 1.29 is 14.3 Å². The predicted octanol–water partition coefficient (Wildman–Crippen LogP) is 4.27. The Morgan fingerprint density at radius 2 is 2.00 bits per heavy atom. The predicted molar refractivity (Wildman–Crippen MR) is 102 cm³/mol.